The van der Waals surface area contributed by atoms with Crippen LogP contribution in [0.15, 0.2) is 24.8 Å². The van der Waals surface area contributed by atoms with Crippen LogP contribution in [0.25, 0.3) is 6.08 Å². The highest BCUT2D eigenvalue weighted by molar-refractivity contribution is 5.85. The van der Waals surface area contributed by atoms with Gasteiger partial charge in [0.2, 0.25) is 0 Å². The molecule has 2 N–H and O–H groups in total. The Morgan fingerprint density at radius 1 is 1.53 bits per heavy atom. The Bertz CT molecular complexity index is 340. The lowest BCUT2D eigenvalue weighted by molar-refractivity contribution is 0.751. The van der Waals surface area contributed by atoms with Gasteiger partial charge in [-0.2, -0.15) is 0 Å². The molecule has 1 aromatic heterocycles. The van der Waals surface area contributed by atoms with Crippen molar-refractivity contribution in [3.8, 4) is 0 Å². The summed E-state index contributed by atoms with van der Waals surface area (Å²) in [5.41, 5.74) is 6.76. The van der Waals surface area contributed by atoms with Crippen LogP contribution in [0.4, 0.5) is 5.82 Å². The van der Waals surface area contributed by atoms with E-state index in [4.69, 9.17) is 5.73 Å². The van der Waals surface area contributed by atoms with Crippen LogP contribution in [0.5, 0.6) is 0 Å². The Labute approximate surface area is 96.4 Å². The predicted octanol–water partition coefficient (Wildman–Crippen LogP) is 1.68. The van der Waals surface area contributed by atoms with E-state index in [1.54, 1.807) is 6.08 Å². The second-order valence-corrected chi connectivity index (χ2v) is 3.62. The van der Waals surface area contributed by atoms with Crippen LogP contribution in [0, 0.1) is 0 Å². The molecule has 82 valence electrons. The predicted molar refractivity (Wildman–Crippen MR) is 66.4 cm³/mol. The van der Waals surface area contributed by atoms with E-state index in [0.29, 0.717) is 6.04 Å². The second-order valence-electron chi connectivity index (χ2n) is 3.62. The van der Waals surface area contributed by atoms with Crippen molar-refractivity contribution >= 4 is 24.3 Å². The zero-order chi connectivity index (χ0) is 9.97. The van der Waals surface area contributed by atoms with Crippen LogP contribution in [0.1, 0.15) is 12.1 Å². The van der Waals surface area contributed by atoms with E-state index in [-0.39, 0.29) is 12.4 Å². The van der Waals surface area contributed by atoms with Gasteiger partial charge < -0.3 is 10.6 Å². The van der Waals surface area contributed by atoms with E-state index in [1.807, 2.05) is 18.2 Å². The standard InChI is InChI=1S/C11H15N3.ClH/c1-2-10-4-3-5-11(13-10)14-7-6-9(12)8-14;/h2-5,9H,1,6-8,12H2;1H. The van der Waals surface area contributed by atoms with Crippen molar-refractivity contribution in [2.75, 3.05) is 18.0 Å². The Morgan fingerprint density at radius 3 is 2.93 bits per heavy atom. The summed E-state index contributed by atoms with van der Waals surface area (Å²) < 4.78 is 0. The van der Waals surface area contributed by atoms with Gasteiger partial charge in [-0.05, 0) is 24.6 Å². The van der Waals surface area contributed by atoms with E-state index in [1.165, 1.54) is 0 Å². The molecule has 0 aromatic carbocycles. The molecule has 1 aliphatic rings. The fourth-order valence-electron chi connectivity index (χ4n) is 1.72. The van der Waals surface area contributed by atoms with Gasteiger partial charge in [0, 0.05) is 19.1 Å². The number of nitrogens with zero attached hydrogens (tertiary/aromatic N) is 2. The van der Waals surface area contributed by atoms with Crippen molar-refractivity contribution in [1.29, 1.82) is 0 Å². The number of anilines is 1. The van der Waals surface area contributed by atoms with Gasteiger partial charge in [0.05, 0.1) is 5.69 Å². The normalized spacial score (nSPS) is 19.8. The maximum absolute atomic E-state index is 5.84. The molecule has 1 unspecified atom stereocenters. The maximum Gasteiger partial charge on any atom is 0.129 e. The van der Waals surface area contributed by atoms with Crippen LogP contribution >= 0.6 is 12.4 Å². The molecule has 2 heterocycles. The van der Waals surface area contributed by atoms with Crippen LogP contribution < -0.4 is 10.6 Å². The lowest BCUT2D eigenvalue weighted by Crippen LogP contribution is -2.26. The van der Waals surface area contributed by atoms with Gasteiger partial charge in [-0.15, -0.1) is 12.4 Å². The minimum Gasteiger partial charge on any atom is -0.355 e. The van der Waals surface area contributed by atoms with Gasteiger partial charge in [-0.1, -0.05) is 12.6 Å². The third-order valence-corrected chi connectivity index (χ3v) is 2.51. The molecule has 0 radical (unpaired) electrons. The van der Waals surface area contributed by atoms with Gasteiger partial charge >= 0.3 is 0 Å². The Balaban J connectivity index is 0.00000112. The van der Waals surface area contributed by atoms with E-state index in [9.17, 15) is 0 Å². The Hall–Kier alpha value is -1.06. The number of rotatable bonds is 2. The molecule has 15 heavy (non-hydrogen) atoms. The average molecular weight is 226 g/mol. The fraction of sp³-hybridized carbons (Fsp3) is 0.364. The summed E-state index contributed by atoms with van der Waals surface area (Å²) >= 11 is 0. The highest BCUT2D eigenvalue weighted by atomic mass is 35.5. The van der Waals surface area contributed by atoms with Crippen LogP contribution in [0.2, 0.25) is 0 Å². The average Bonchev–Trinajstić information content (AvgIpc) is 2.65. The molecule has 0 bridgehead atoms. The minimum atomic E-state index is 0. The first kappa shape index (κ1) is 12.0. The third-order valence-electron chi connectivity index (χ3n) is 2.51. The summed E-state index contributed by atoms with van der Waals surface area (Å²) in [6, 6.07) is 6.27. The molecule has 1 saturated heterocycles. The second kappa shape index (κ2) is 5.14. The molecule has 0 saturated carbocycles. The van der Waals surface area contributed by atoms with Gasteiger partial charge in [0.15, 0.2) is 0 Å². The first-order valence-corrected chi connectivity index (χ1v) is 4.89. The molecule has 0 amide bonds. The van der Waals surface area contributed by atoms with Crippen molar-refractivity contribution in [2.24, 2.45) is 5.73 Å². The van der Waals surface area contributed by atoms with Gasteiger partial charge in [0.25, 0.3) is 0 Å². The Kier molecular flexibility index (Phi) is 4.12. The van der Waals surface area contributed by atoms with Gasteiger partial charge in [-0.25, -0.2) is 4.98 Å². The van der Waals surface area contributed by atoms with Gasteiger partial charge in [0.1, 0.15) is 5.82 Å². The largest absolute Gasteiger partial charge is 0.355 e. The molecular weight excluding hydrogens is 210 g/mol. The number of hydrogen-bond acceptors (Lipinski definition) is 3. The summed E-state index contributed by atoms with van der Waals surface area (Å²) in [6.07, 6.45) is 2.82. The number of hydrogen-bond donors (Lipinski definition) is 1. The van der Waals surface area contributed by atoms with E-state index in [2.05, 4.69) is 16.5 Å². The Morgan fingerprint density at radius 2 is 2.33 bits per heavy atom. The number of pyridine rings is 1. The van der Waals surface area contributed by atoms with E-state index >= 15 is 0 Å². The lowest BCUT2D eigenvalue weighted by Gasteiger charge is -2.16. The smallest absolute Gasteiger partial charge is 0.129 e. The summed E-state index contributed by atoms with van der Waals surface area (Å²) in [6.45, 7) is 5.63. The molecule has 1 aliphatic heterocycles. The van der Waals surface area contributed by atoms with E-state index in [0.717, 1.165) is 31.0 Å². The van der Waals surface area contributed by atoms with Crippen molar-refractivity contribution in [3.05, 3.63) is 30.5 Å². The fourth-order valence-corrected chi connectivity index (χ4v) is 1.72. The summed E-state index contributed by atoms with van der Waals surface area (Å²) in [5.74, 6) is 1.01. The molecule has 0 spiro atoms. The summed E-state index contributed by atoms with van der Waals surface area (Å²) in [7, 11) is 0. The summed E-state index contributed by atoms with van der Waals surface area (Å²) in [4.78, 5) is 6.68. The zero-order valence-corrected chi connectivity index (χ0v) is 9.41. The molecule has 2 rings (SSSR count). The van der Waals surface area contributed by atoms with Gasteiger partial charge in [-0.3, -0.25) is 0 Å². The lowest BCUT2D eigenvalue weighted by atomic mass is 10.3. The molecule has 1 fully saturated rings. The third kappa shape index (κ3) is 2.70. The maximum atomic E-state index is 5.84. The zero-order valence-electron chi connectivity index (χ0n) is 8.60. The highest BCUT2D eigenvalue weighted by Gasteiger charge is 2.19. The highest BCUT2D eigenvalue weighted by Crippen LogP contribution is 2.17. The monoisotopic (exact) mass is 225 g/mol. The minimum absolute atomic E-state index is 0. The first-order chi connectivity index (χ1) is 6.79. The quantitative estimate of drug-likeness (QED) is 0.833. The molecular formula is C11H16ClN3. The van der Waals surface area contributed by atoms with Crippen LogP contribution in [-0.4, -0.2) is 24.1 Å². The molecule has 1 atom stereocenters. The van der Waals surface area contributed by atoms with Crippen molar-refractivity contribution < 1.29 is 0 Å². The number of nitrogens with two attached hydrogens (primary N) is 1. The molecule has 0 aliphatic carbocycles. The van der Waals surface area contributed by atoms with Crippen molar-refractivity contribution in [1.82, 2.24) is 4.98 Å². The number of halogens is 1. The summed E-state index contributed by atoms with van der Waals surface area (Å²) in [5, 5.41) is 0. The molecule has 1 aromatic rings. The van der Waals surface area contributed by atoms with Crippen LogP contribution in [-0.2, 0) is 0 Å². The van der Waals surface area contributed by atoms with Crippen molar-refractivity contribution in [3.63, 3.8) is 0 Å². The van der Waals surface area contributed by atoms with Crippen molar-refractivity contribution in [2.45, 2.75) is 12.5 Å². The van der Waals surface area contributed by atoms with Crippen LogP contribution in [0.3, 0.4) is 0 Å². The molecule has 4 heteroatoms. The topological polar surface area (TPSA) is 42.1 Å². The first-order valence-electron chi connectivity index (χ1n) is 4.89. The molecule has 3 nitrogen and oxygen atoms in total. The number of aromatic nitrogens is 1. The SMILES string of the molecule is C=Cc1cccc(N2CCC(N)C2)n1.Cl. The van der Waals surface area contributed by atoms with E-state index < -0.39 is 0 Å².